The van der Waals surface area contributed by atoms with Crippen molar-refractivity contribution < 1.29 is 23.9 Å². The highest BCUT2D eigenvalue weighted by Crippen LogP contribution is 2.26. The molecule has 2 heterocycles. The van der Waals surface area contributed by atoms with Gasteiger partial charge < -0.3 is 10.1 Å². The van der Waals surface area contributed by atoms with E-state index in [2.05, 4.69) is 26.3 Å². The Hall–Kier alpha value is -3.01. The van der Waals surface area contributed by atoms with Gasteiger partial charge in [-0.25, -0.2) is 4.79 Å². The fraction of sp³-hybridized carbons (Fsp3) is 0.278. The summed E-state index contributed by atoms with van der Waals surface area (Å²) in [5, 5.41) is 6.67. The first-order chi connectivity index (χ1) is 13.2. The first-order valence-corrected chi connectivity index (χ1v) is 9.20. The molecule has 0 unspecified atom stereocenters. The van der Waals surface area contributed by atoms with Crippen LogP contribution in [0.5, 0.6) is 0 Å². The van der Waals surface area contributed by atoms with Crippen LogP contribution >= 0.6 is 15.9 Å². The van der Waals surface area contributed by atoms with Crippen LogP contribution in [0.2, 0.25) is 0 Å². The number of carbonyl (C=O) groups is 4. The minimum absolute atomic E-state index is 0.129. The van der Waals surface area contributed by atoms with Crippen molar-refractivity contribution in [2.45, 2.75) is 13.8 Å². The van der Waals surface area contributed by atoms with E-state index >= 15 is 0 Å². The van der Waals surface area contributed by atoms with Gasteiger partial charge in [-0.1, -0.05) is 15.9 Å². The molecule has 0 radical (unpaired) electrons. The van der Waals surface area contributed by atoms with Crippen LogP contribution < -0.4 is 5.32 Å². The Bertz CT molecular complexity index is 1010. The molecule has 1 aromatic heterocycles. The highest BCUT2D eigenvalue weighted by Gasteiger charge is 2.37. The molecule has 28 heavy (non-hydrogen) atoms. The molecule has 0 spiro atoms. The number of imide groups is 1. The Morgan fingerprint density at radius 2 is 1.89 bits per heavy atom. The van der Waals surface area contributed by atoms with Crippen LogP contribution in [0.25, 0.3) is 0 Å². The molecule has 1 aliphatic heterocycles. The average Bonchev–Trinajstić information content (AvgIpc) is 3.03. The molecular weight excluding hydrogens is 432 g/mol. The molecule has 3 rings (SSSR count). The molecule has 0 aliphatic carbocycles. The van der Waals surface area contributed by atoms with E-state index in [0.717, 1.165) is 4.90 Å². The Kier molecular flexibility index (Phi) is 5.32. The van der Waals surface area contributed by atoms with Gasteiger partial charge >= 0.3 is 5.97 Å². The number of esters is 1. The molecule has 1 aromatic carbocycles. The van der Waals surface area contributed by atoms with Crippen molar-refractivity contribution in [3.05, 3.63) is 45.1 Å². The maximum atomic E-state index is 12.5. The molecule has 10 heteroatoms. The van der Waals surface area contributed by atoms with Gasteiger partial charge in [-0.3, -0.25) is 24.0 Å². The molecule has 3 amide bonds. The van der Waals surface area contributed by atoms with Crippen LogP contribution in [-0.4, -0.2) is 51.5 Å². The van der Waals surface area contributed by atoms with Gasteiger partial charge in [0.15, 0.2) is 0 Å². The largest absolute Gasteiger partial charge is 0.462 e. The summed E-state index contributed by atoms with van der Waals surface area (Å²) in [5.74, 6) is -2.21. The average molecular weight is 449 g/mol. The maximum Gasteiger partial charge on any atom is 0.343 e. The Morgan fingerprint density at radius 1 is 1.21 bits per heavy atom. The topological polar surface area (TPSA) is 111 Å². The predicted octanol–water partition coefficient (Wildman–Crippen LogP) is 1.90. The summed E-state index contributed by atoms with van der Waals surface area (Å²) in [6.45, 7) is 2.97. The number of amides is 3. The van der Waals surface area contributed by atoms with Crippen molar-refractivity contribution >= 4 is 45.4 Å². The van der Waals surface area contributed by atoms with Gasteiger partial charge in [-0.05, 0) is 32.0 Å². The van der Waals surface area contributed by atoms with E-state index < -0.39 is 30.2 Å². The van der Waals surface area contributed by atoms with Gasteiger partial charge in [0, 0.05) is 11.5 Å². The lowest BCUT2D eigenvalue weighted by atomic mass is 10.1. The minimum Gasteiger partial charge on any atom is -0.462 e. The lowest BCUT2D eigenvalue weighted by Gasteiger charge is -2.14. The molecule has 2 aromatic rings. The number of rotatable bonds is 5. The van der Waals surface area contributed by atoms with Crippen molar-refractivity contribution in [1.82, 2.24) is 14.7 Å². The monoisotopic (exact) mass is 448 g/mol. The molecular formula is C18H17BrN4O5. The fourth-order valence-electron chi connectivity index (χ4n) is 2.97. The normalized spacial score (nSPS) is 12.9. The lowest BCUT2D eigenvalue weighted by molar-refractivity contribution is -0.116. The number of aromatic nitrogens is 2. The van der Waals surface area contributed by atoms with E-state index in [-0.39, 0.29) is 29.1 Å². The molecule has 0 saturated carbocycles. The van der Waals surface area contributed by atoms with Gasteiger partial charge in [0.05, 0.1) is 23.4 Å². The van der Waals surface area contributed by atoms with Gasteiger partial charge in [0.25, 0.3) is 11.8 Å². The second kappa shape index (κ2) is 7.55. The van der Waals surface area contributed by atoms with Crippen LogP contribution in [0.3, 0.4) is 0 Å². The summed E-state index contributed by atoms with van der Waals surface area (Å²) in [6, 6.07) is 4.72. The second-order valence-corrected chi connectivity index (χ2v) is 7.00. The summed E-state index contributed by atoms with van der Waals surface area (Å²) in [5.41, 5.74) is 0.992. The van der Waals surface area contributed by atoms with Gasteiger partial charge in [-0.15, -0.1) is 0 Å². The van der Waals surface area contributed by atoms with Crippen LogP contribution in [0.4, 0.5) is 5.82 Å². The molecule has 0 saturated heterocycles. The van der Waals surface area contributed by atoms with E-state index in [1.807, 2.05) is 0 Å². The van der Waals surface area contributed by atoms with E-state index in [0.29, 0.717) is 10.2 Å². The number of nitrogens with one attached hydrogen (secondary N) is 1. The van der Waals surface area contributed by atoms with Crippen LogP contribution in [0.1, 0.15) is 43.7 Å². The van der Waals surface area contributed by atoms with Crippen LogP contribution in [-0.2, 0) is 16.6 Å². The SMILES string of the molecule is CCOC(=O)c1c(C)nn(C)c1NC(=O)CN1C(=O)c2ccc(Br)cc2C1=O. The van der Waals surface area contributed by atoms with E-state index in [9.17, 15) is 19.2 Å². The zero-order chi connectivity index (χ0) is 20.6. The number of anilines is 1. The number of fused-ring (bicyclic) bond motifs is 1. The summed E-state index contributed by atoms with van der Waals surface area (Å²) < 4.78 is 6.99. The van der Waals surface area contributed by atoms with Crippen molar-refractivity contribution in [3.8, 4) is 0 Å². The fourth-order valence-corrected chi connectivity index (χ4v) is 3.33. The van der Waals surface area contributed by atoms with Crippen molar-refractivity contribution in [2.75, 3.05) is 18.5 Å². The highest BCUT2D eigenvalue weighted by molar-refractivity contribution is 9.10. The number of aryl methyl sites for hydroxylation is 2. The molecule has 9 nitrogen and oxygen atoms in total. The quantitative estimate of drug-likeness (QED) is 0.552. The highest BCUT2D eigenvalue weighted by atomic mass is 79.9. The third kappa shape index (κ3) is 3.42. The zero-order valence-electron chi connectivity index (χ0n) is 15.4. The molecule has 0 fully saturated rings. The minimum atomic E-state index is -0.637. The second-order valence-electron chi connectivity index (χ2n) is 6.09. The standard InChI is InChI=1S/C18H17BrN4O5/c1-4-28-18(27)14-9(2)21-22(3)15(14)20-13(24)8-23-16(25)11-6-5-10(19)7-12(11)17(23)26/h5-7H,4,8H2,1-3H3,(H,20,24). The Balaban J connectivity index is 1.80. The number of ether oxygens (including phenoxy) is 1. The lowest BCUT2D eigenvalue weighted by Crippen LogP contribution is -2.37. The maximum absolute atomic E-state index is 12.5. The van der Waals surface area contributed by atoms with Crippen molar-refractivity contribution in [3.63, 3.8) is 0 Å². The van der Waals surface area contributed by atoms with Crippen LogP contribution in [0.15, 0.2) is 22.7 Å². The van der Waals surface area contributed by atoms with Gasteiger partial charge in [-0.2, -0.15) is 5.10 Å². The Morgan fingerprint density at radius 3 is 2.57 bits per heavy atom. The number of hydrogen-bond acceptors (Lipinski definition) is 6. The molecule has 1 N–H and O–H groups in total. The molecule has 0 atom stereocenters. The smallest absolute Gasteiger partial charge is 0.343 e. The zero-order valence-corrected chi connectivity index (χ0v) is 17.0. The van der Waals surface area contributed by atoms with E-state index in [1.165, 1.54) is 16.8 Å². The number of carbonyl (C=O) groups excluding carboxylic acids is 4. The first-order valence-electron chi connectivity index (χ1n) is 8.40. The van der Waals surface area contributed by atoms with Crippen molar-refractivity contribution in [1.29, 1.82) is 0 Å². The number of hydrogen-bond donors (Lipinski definition) is 1. The summed E-state index contributed by atoms with van der Waals surface area (Å²) >= 11 is 3.26. The summed E-state index contributed by atoms with van der Waals surface area (Å²) in [6.07, 6.45) is 0. The molecule has 146 valence electrons. The molecule has 1 aliphatic rings. The molecule has 0 bridgehead atoms. The first kappa shape index (κ1) is 19.7. The number of halogens is 1. The van der Waals surface area contributed by atoms with E-state index in [4.69, 9.17) is 4.74 Å². The number of benzene rings is 1. The summed E-state index contributed by atoms with van der Waals surface area (Å²) in [4.78, 5) is 50.5. The van der Waals surface area contributed by atoms with Gasteiger partial charge in [0.2, 0.25) is 5.91 Å². The number of nitrogens with zero attached hydrogens (tertiary/aromatic N) is 3. The Labute approximate surface area is 168 Å². The van der Waals surface area contributed by atoms with Crippen molar-refractivity contribution in [2.24, 2.45) is 7.05 Å². The predicted molar refractivity (Wildman–Crippen MR) is 102 cm³/mol. The van der Waals surface area contributed by atoms with Gasteiger partial charge in [0.1, 0.15) is 17.9 Å². The third-order valence-electron chi connectivity index (χ3n) is 4.19. The third-order valence-corrected chi connectivity index (χ3v) is 4.69. The van der Waals surface area contributed by atoms with Crippen LogP contribution in [0, 0.1) is 6.92 Å². The summed E-state index contributed by atoms with van der Waals surface area (Å²) in [7, 11) is 1.56. The van der Waals surface area contributed by atoms with E-state index in [1.54, 1.807) is 27.0 Å².